The number of carbonyl (C=O) groups is 2. The van der Waals surface area contributed by atoms with Crippen molar-refractivity contribution in [3.63, 3.8) is 0 Å². The third kappa shape index (κ3) is 3.61. The lowest BCUT2D eigenvalue weighted by Crippen LogP contribution is -2.46. The number of thioether (sulfide) groups is 1. The molecule has 2 unspecified atom stereocenters. The van der Waals surface area contributed by atoms with E-state index >= 15 is 0 Å². The second-order valence-corrected chi connectivity index (χ2v) is 5.30. The van der Waals surface area contributed by atoms with E-state index in [0.29, 0.717) is 18.7 Å². The molecule has 0 radical (unpaired) electrons. The highest BCUT2D eigenvalue weighted by atomic mass is 32.2. The topological polar surface area (TPSA) is 69.6 Å². The third-order valence-corrected chi connectivity index (χ3v) is 4.15. The summed E-state index contributed by atoms with van der Waals surface area (Å²) in [6, 6.07) is -0.652. The Kier molecular flexibility index (Phi) is 5.77. The minimum Gasteiger partial charge on any atom is -0.480 e. The van der Waals surface area contributed by atoms with Crippen LogP contribution < -0.4 is 5.32 Å². The summed E-state index contributed by atoms with van der Waals surface area (Å²) in [5.41, 5.74) is 0. The van der Waals surface area contributed by atoms with Crippen LogP contribution in [0.1, 0.15) is 26.2 Å². The first kappa shape index (κ1) is 14.3. The fourth-order valence-electron chi connectivity index (χ4n) is 1.92. The number of amides is 1. The molecule has 1 fully saturated rings. The molecule has 0 aromatic heterocycles. The van der Waals surface area contributed by atoms with Crippen LogP contribution >= 0.6 is 11.8 Å². The Hall–Kier alpha value is -0.750. The van der Waals surface area contributed by atoms with Gasteiger partial charge in [0.25, 0.3) is 0 Å². The van der Waals surface area contributed by atoms with Gasteiger partial charge in [0.2, 0.25) is 5.91 Å². The zero-order chi connectivity index (χ0) is 12.8. The summed E-state index contributed by atoms with van der Waals surface area (Å²) >= 11 is 1.58. The van der Waals surface area contributed by atoms with Gasteiger partial charge in [-0.25, -0.2) is 4.79 Å². The van der Waals surface area contributed by atoms with E-state index in [1.165, 1.54) is 0 Å². The molecule has 2 N–H and O–H groups in total. The molecule has 1 aliphatic rings. The average molecular weight is 260 g/mol. The molecule has 1 saturated heterocycles. The largest absolute Gasteiger partial charge is 0.480 e. The normalized spacial score (nSPS) is 24.0. The SMILES string of the molecule is CCCC1SCC(C(=O)O)N1C(=O)CCNC. The van der Waals surface area contributed by atoms with Crippen molar-refractivity contribution in [3.8, 4) is 0 Å². The molecule has 0 aliphatic carbocycles. The van der Waals surface area contributed by atoms with Gasteiger partial charge in [-0.1, -0.05) is 13.3 Å². The van der Waals surface area contributed by atoms with E-state index in [4.69, 9.17) is 5.11 Å². The van der Waals surface area contributed by atoms with Gasteiger partial charge in [-0.05, 0) is 13.5 Å². The molecule has 0 aromatic carbocycles. The lowest BCUT2D eigenvalue weighted by molar-refractivity contribution is -0.149. The summed E-state index contributed by atoms with van der Waals surface area (Å²) in [4.78, 5) is 24.7. The molecule has 5 nitrogen and oxygen atoms in total. The predicted molar refractivity (Wildman–Crippen MR) is 68.0 cm³/mol. The highest BCUT2D eigenvalue weighted by Crippen LogP contribution is 2.32. The van der Waals surface area contributed by atoms with Crippen LogP contribution in [0.2, 0.25) is 0 Å². The molecule has 1 aliphatic heterocycles. The quantitative estimate of drug-likeness (QED) is 0.737. The van der Waals surface area contributed by atoms with Crippen LogP contribution in [0.5, 0.6) is 0 Å². The van der Waals surface area contributed by atoms with Crippen LogP contribution in [0.4, 0.5) is 0 Å². The Morgan fingerprint density at radius 2 is 2.24 bits per heavy atom. The molecular formula is C11H20N2O3S. The maximum atomic E-state index is 12.0. The Morgan fingerprint density at radius 3 is 2.76 bits per heavy atom. The first-order valence-electron chi connectivity index (χ1n) is 5.92. The maximum Gasteiger partial charge on any atom is 0.327 e. The van der Waals surface area contributed by atoms with E-state index in [9.17, 15) is 9.59 Å². The lowest BCUT2D eigenvalue weighted by Gasteiger charge is -2.27. The van der Waals surface area contributed by atoms with Crippen molar-refractivity contribution >= 4 is 23.6 Å². The van der Waals surface area contributed by atoms with Crippen molar-refractivity contribution in [1.82, 2.24) is 10.2 Å². The predicted octanol–water partition coefficient (Wildman–Crippen LogP) is 0.751. The summed E-state index contributed by atoms with van der Waals surface area (Å²) < 4.78 is 0. The minimum absolute atomic E-state index is 0.0328. The smallest absolute Gasteiger partial charge is 0.327 e. The number of nitrogens with zero attached hydrogens (tertiary/aromatic N) is 1. The van der Waals surface area contributed by atoms with Crippen LogP contribution in [-0.4, -0.2) is 52.6 Å². The summed E-state index contributed by atoms with van der Waals surface area (Å²) in [6.07, 6.45) is 2.18. The van der Waals surface area contributed by atoms with E-state index in [1.54, 1.807) is 23.7 Å². The highest BCUT2D eigenvalue weighted by molar-refractivity contribution is 8.00. The summed E-state index contributed by atoms with van der Waals surface area (Å²) in [5.74, 6) is -0.449. The van der Waals surface area contributed by atoms with Gasteiger partial charge in [0.15, 0.2) is 0 Å². The van der Waals surface area contributed by atoms with Gasteiger partial charge in [0.1, 0.15) is 6.04 Å². The fourth-order valence-corrected chi connectivity index (χ4v) is 3.45. The number of carbonyl (C=O) groups excluding carboxylic acids is 1. The highest BCUT2D eigenvalue weighted by Gasteiger charge is 2.40. The van der Waals surface area contributed by atoms with E-state index in [1.807, 2.05) is 6.92 Å². The molecule has 98 valence electrons. The zero-order valence-electron chi connectivity index (χ0n) is 10.3. The molecule has 6 heteroatoms. The van der Waals surface area contributed by atoms with Crippen LogP contribution in [0.3, 0.4) is 0 Å². The van der Waals surface area contributed by atoms with Crippen LogP contribution in [-0.2, 0) is 9.59 Å². The molecule has 1 heterocycles. The van der Waals surface area contributed by atoms with Crippen LogP contribution in [0, 0.1) is 0 Å². The van der Waals surface area contributed by atoms with Gasteiger partial charge in [-0.2, -0.15) is 0 Å². The van der Waals surface area contributed by atoms with Crippen molar-refractivity contribution in [1.29, 1.82) is 0 Å². The number of hydrogen-bond acceptors (Lipinski definition) is 4. The number of nitrogens with one attached hydrogen (secondary N) is 1. The van der Waals surface area contributed by atoms with Crippen molar-refractivity contribution < 1.29 is 14.7 Å². The maximum absolute atomic E-state index is 12.0. The van der Waals surface area contributed by atoms with Gasteiger partial charge >= 0.3 is 5.97 Å². The van der Waals surface area contributed by atoms with Gasteiger partial charge in [-0.15, -0.1) is 11.8 Å². The molecule has 0 saturated carbocycles. The van der Waals surface area contributed by atoms with E-state index in [-0.39, 0.29) is 11.3 Å². The number of hydrogen-bond donors (Lipinski definition) is 2. The van der Waals surface area contributed by atoms with E-state index < -0.39 is 12.0 Å². The summed E-state index contributed by atoms with van der Waals surface area (Å²) in [5, 5.41) is 12.1. The monoisotopic (exact) mass is 260 g/mol. The first-order chi connectivity index (χ1) is 8.11. The molecule has 1 rings (SSSR count). The van der Waals surface area contributed by atoms with Crippen molar-refractivity contribution in [2.75, 3.05) is 19.3 Å². The molecule has 1 amide bonds. The zero-order valence-corrected chi connectivity index (χ0v) is 11.1. The number of rotatable bonds is 6. The Morgan fingerprint density at radius 1 is 1.53 bits per heavy atom. The van der Waals surface area contributed by atoms with Crippen LogP contribution in [0.25, 0.3) is 0 Å². The Bertz CT molecular complexity index is 286. The average Bonchev–Trinajstić information content (AvgIpc) is 2.70. The van der Waals surface area contributed by atoms with Gasteiger partial charge in [-0.3, -0.25) is 4.79 Å². The van der Waals surface area contributed by atoms with Gasteiger partial charge < -0.3 is 15.3 Å². The molecule has 0 aromatic rings. The number of carboxylic acid groups (broad SMARTS) is 1. The third-order valence-electron chi connectivity index (χ3n) is 2.79. The number of aliphatic carboxylic acids is 1. The molecule has 0 spiro atoms. The van der Waals surface area contributed by atoms with Crippen LogP contribution in [0.15, 0.2) is 0 Å². The lowest BCUT2D eigenvalue weighted by atomic mass is 10.2. The van der Waals surface area contributed by atoms with Crippen molar-refractivity contribution in [3.05, 3.63) is 0 Å². The Balaban J connectivity index is 2.70. The van der Waals surface area contributed by atoms with E-state index in [0.717, 1.165) is 12.8 Å². The summed E-state index contributed by atoms with van der Waals surface area (Å²) in [6.45, 7) is 2.64. The molecule has 17 heavy (non-hydrogen) atoms. The fraction of sp³-hybridized carbons (Fsp3) is 0.818. The van der Waals surface area contributed by atoms with Crippen molar-refractivity contribution in [2.24, 2.45) is 0 Å². The summed E-state index contributed by atoms with van der Waals surface area (Å²) in [7, 11) is 1.78. The first-order valence-corrected chi connectivity index (χ1v) is 6.96. The van der Waals surface area contributed by atoms with Gasteiger partial charge in [0, 0.05) is 18.7 Å². The second-order valence-electron chi connectivity index (χ2n) is 4.09. The van der Waals surface area contributed by atoms with Crippen molar-refractivity contribution in [2.45, 2.75) is 37.6 Å². The van der Waals surface area contributed by atoms with E-state index in [2.05, 4.69) is 5.32 Å². The number of carboxylic acids is 1. The standard InChI is InChI=1S/C11H20N2O3S/c1-3-4-10-13(9(14)5-6-12-2)8(7-17-10)11(15)16/h8,10,12H,3-7H2,1-2H3,(H,15,16). The second kappa shape index (κ2) is 6.86. The minimum atomic E-state index is -0.895. The Labute approximate surface area is 106 Å². The van der Waals surface area contributed by atoms with Gasteiger partial charge in [0.05, 0.1) is 5.37 Å². The molecule has 2 atom stereocenters. The molecular weight excluding hydrogens is 240 g/mol. The molecule has 0 bridgehead atoms.